The third kappa shape index (κ3) is 7.32. The van der Waals surface area contributed by atoms with E-state index in [0.29, 0.717) is 0 Å². The van der Waals surface area contributed by atoms with Crippen LogP contribution in [0.4, 0.5) is 0 Å². The molecule has 33 heavy (non-hydrogen) atoms. The Morgan fingerprint density at radius 2 is 1.39 bits per heavy atom. The summed E-state index contributed by atoms with van der Waals surface area (Å²) in [6.45, 7) is 2.03. The van der Waals surface area contributed by atoms with E-state index in [0.717, 1.165) is 28.9 Å². The van der Waals surface area contributed by atoms with E-state index in [1.54, 1.807) is 0 Å². The Morgan fingerprint density at radius 1 is 0.636 bits per heavy atom. The van der Waals surface area contributed by atoms with Gasteiger partial charge < -0.3 is 9.97 Å². The van der Waals surface area contributed by atoms with Crippen LogP contribution in [0.1, 0.15) is 16.7 Å². The second-order valence-corrected chi connectivity index (χ2v) is 7.48. The van der Waals surface area contributed by atoms with E-state index in [1.165, 1.54) is 16.7 Å². The van der Waals surface area contributed by atoms with Crippen molar-refractivity contribution in [2.45, 2.75) is 13.3 Å². The molecule has 3 aromatic carbocycles. The van der Waals surface area contributed by atoms with Gasteiger partial charge in [-0.15, -0.1) is 71.3 Å². The van der Waals surface area contributed by atoms with Crippen molar-refractivity contribution < 1.29 is 20.1 Å². The third-order valence-corrected chi connectivity index (χ3v) is 4.95. The summed E-state index contributed by atoms with van der Waals surface area (Å²) in [7, 11) is 0. The van der Waals surface area contributed by atoms with Crippen molar-refractivity contribution in [3.63, 3.8) is 0 Å². The van der Waals surface area contributed by atoms with Crippen LogP contribution in [0.2, 0.25) is 0 Å². The largest absolute Gasteiger partial charge is 0.305 e. The van der Waals surface area contributed by atoms with Gasteiger partial charge in [0.25, 0.3) is 0 Å². The molecule has 2 heterocycles. The van der Waals surface area contributed by atoms with Crippen LogP contribution in [0.3, 0.4) is 0 Å². The van der Waals surface area contributed by atoms with Crippen LogP contribution in [0.25, 0.3) is 22.5 Å². The van der Waals surface area contributed by atoms with E-state index >= 15 is 0 Å². The summed E-state index contributed by atoms with van der Waals surface area (Å²) in [6, 6.07) is 41.0. The zero-order valence-electron chi connectivity index (χ0n) is 18.4. The van der Waals surface area contributed by atoms with Gasteiger partial charge in [0, 0.05) is 32.5 Å². The predicted octanol–water partition coefficient (Wildman–Crippen LogP) is 6.99. The molecule has 0 unspecified atom stereocenters. The molecule has 3 heteroatoms. The molecular formula is C30H24IrN2-2. The molecule has 0 bridgehead atoms. The average molecular weight is 605 g/mol. The molecule has 0 aliphatic heterocycles. The Bertz CT molecular complexity index is 1220. The average Bonchev–Trinajstić information content (AvgIpc) is 2.87. The maximum absolute atomic E-state index is 4.37. The summed E-state index contributed by atoms with van der Waals surface area (Å²) in [5.41, 5.74) is 7.83. The van der Waals surface area contributed by atoms with Crippen LogP contribution in [0, 0.1) is 19.1 Å². The zero-order chi connectivity index (χ0) is 22.0. The zero-order valence-corrected chi connectivity index (χ0v) is 20.8. The van der Waals surface area contributed by atoms with Crippen LogP contribution in [0.5, 0.6) is 0 Å². The van der Waals surface area contributed by atoms with Crippen LogP contribution in [-0.2, 0) is 26.5 Å². The normalized spacial score (nSPS) is 9.85. The van der Waals surface area contributed by atoms with Gasteiger partial charge in [0.2, 0.25) is 0 Å². The molecule has 1 radical (unpaired) electrons. The molecule has 0 amide bonds. The molecule has 0 fully saturated rings. The number of rotatable bonds is 4. The fourth-order valence-corrected chi connectivity index (χ4v) is 3.30. The van der Waals surface area contributed by atoms with Crippen molar-refractivity contribution in [3.05, 3.63) is 144 Å². The van der Waals surface area contributed by atoms with E-state index in [4.69, 9.17) is 0 Å². The molecule has 165 valence electrons. The van der Waals surface area contributed by atoms with Crippen molar-refractivity contribution in [1.82, 2.24) is 9.97 Å². The van der Waals surface area contributed by atoms with E-state index in [1.807, 2.05) is 80.0 Å². The topological polar surface area (TPSA) is 25.8 Å². The Balaban J connectivity index is 0.000000192. The van der Waals surface area contributed by atoms with Gasteiger partial charge in [-0.1, -0.05) is 54.6 Å². The first-order chi connectivity index (χ1) is 15.8. The van der Waals surface area contributed by atoms with Crippen molar-refractivity contribution in [2.24, 2.45) is 0 Å². The molecule has 5 rings (SSSR count). The van der Waals surface area contributed by atoms with Gasteiger partial charge in [0.15, 0.2) is 0 Å². The Kier molecular flexibility index (Phi) is 9.26. The van der Waals surface area contributed by atoms with E-state index in [-0.39, 0.29) is 20.1 Å². The van der Waals surface area contributed by atoms with Gasteiger partial charge in [-0.2, -0.15) is 0 Å². The van der Waals surface area contributed by atoms with Gasteiger partial charge in [-0.25, -0.2) is 0 Å². The van der Waals surface area contributed by atoms with Crippen molar-refractivity contribution >= 4 is 0 Å². The van der Waals surface area contributed by atoms with Crippen LogP contribution < -0.4 is 0 Å². The molecule has 0 spiro atoms. The Labute approximate surface area is 209 Å². The first-order valence-electron chi connectivity index (χ1n) is 10.6. The van der Waals surface area contributed by atoms with Crippen LogP contribution in [0.15, 0.2) is 116 Å². The van der Waals surface area contributed by atoms with Gasteiger partial charge in [0.05, 0.1) is 0 Å². The van der Waals surface area contributed by atoms with Crippen LogP contribution >= 0.6 is 0 Å². The second-order valence-electron chi connectivity index (χ2n) is 7.48. The predicted molar refractivity (Wildman–Crippen MR) is 131 cm³/mol. The minimum atomic E-state index is 0. The van der Waals surface area contributed by atoms with Gasteiger partial charge in [-0.3, -0.25) is 0 Å². The summed E-state index contributed by atoms with van der Waals surface area (Å²) in [6.07, 6.45) is 4.62. The van der Waals surface area contributed by atoms with Gasteiger partial charge in [0.1, 0.15) is 0 Å². The summed E-state index contributed by atoms with van der Waals surface area (Å²) < 4.78 is 0. The fourth-order valence-electron chi connectivity index (χ4n) is 3.30. The number of aryl methyl sites for hydroxylation is 1. The number of aromatic nitrogens is 2. The molecular weight excluding hydrogens is 581 g/mol. The Hall–Kier alpha value is -3.39. The monoisotopic (exact) mass is 605 g/mol. The number of pyridine rings is 2. The first kappa shape index (κ1) is 24.3. The number of hydrogen-bond acceptors (Lipinski definition) is 2. The van der Waals surface area contributed by atoms with Gasteiger partial charge in [-0.05, 0) is 41.9 Å². The molecule has 0 N–H and O–H groups in total. The molecule has 5 aromatic rings. The SMILES string of the molecule is Cc1ccc(-c2[c-]cccc2)nc1.[Ir].[c-]1ccc(Cc2ccccc2)cc1-c1ccccn1. The third-order valence-electron chi connectivity index (χ3n) is 4.95. The second kappa shape index (κ2) is 12.6. The molecule has 0 atom stereocenters. The molecule has 0 aliphatic carbocycles. The number of nitrogens with zero attached hydrogens (tertiary/aromatic N) is 2. The van der Waals surface area contributed by atoms with E-state index < -0.39 is 0 Å². The van der Waals surface area contributed by atoms with Crippen LogP contribution in [-0.4, -0.2) is 9.97 Å². The molecule has 2 nitrogen and oxygen atoms in total. The van der Waals surface area contributed by atoms with Crippen molar-refractivity contribution in [3.8, 4) is 22.5 Å². The summed E-state index contributed by atoms with van der Waals surface area (Å²) in [5, 5.41) is 0. The first-order valence-corrected chi connectivity index (χ1v) is 10.6. The quantitative estimate of drug-likeness (QED) is 0.207. The molecule has 0 saturated carbocycles. The summed E-state index contributed by atoms with van der Waals surface area (Å²) >= 11 is 0. The molecule has 0 aliphatic rings. The minimum Gasteiger partial charge on any atom is -0.305 e. The standard InChI is InChI=1S/C18H14N.C12H10N.Ir/c1-2-7-15(8-3-1)13-16-9-6-10-17(14-16)18-11-4-5-12-19-18;1-10-7-8-12(13-9-10)11-5-3-2-4-6-11;/h1-9,11-12,14H,13H2;2-5,7-9H,1H3;/q2*-1;. The number of benzene rings is 3. The summed E-state index contributed by atoms with van der Waals surface area (Å²) in [5.74, 6) is 0. The van der Waals surface area contributed by atoms with E-state index in [2.05, 4.69) is 64.6 Å². The van der Waals surface area contributed by atoms with Gasteiger partial charge >= 0.3 is 0 Å². The van der Waals surface area contributed by atoms with Crippen molar-refractivity contribution in [2.75, 3.05) is 0 Å². The summed E-state index contributed by atoms with van der Waals surface area (Å²) in [4.78, 5) is 8.68. The molecule has 0 saturated heterocycles. The smallest absolute Gasteiger partial charge is 0.0190 e. The number of hydrogen-bond donors (Lipinski definition) is 0. The van der Waals surface area contributed by atoms with E-state index in [9.17, 15) is 0 Å². The minimum absolute atomic E-state index is 0. The maximum Gasteiger partial charge on any atom is 0.0190 e. The van der Waals surface area contributed by atoms with Crippen molar-refractivity contribution in [1.29, 1.82) is 0 Å². The molecule has 2 aromatic heterocycles. The fraction of sp³-hybridized carbons (Fsp3) is 0.0667. The maximum atomic E-state index is 4.37. The Morgan fingerprint density at radius 3 is 2.09 bits per heavy atom.